The van der Waals surface area contributed by atoms with Crippen LogP contribution in [0.4, 0.5) is 0 Å². The number of para-hydroxylation sites is 1. The van der Waals surface area contributed by atoms with Gasteiger partial charge in [0.25, 0.3) is 0 Å². The largest absolute Gasteiger partial charge is 0.490 e. The first-order chi connectivity index (χ1) is 20.3. The molecule has 4 rings (SSSR count). The maximum absolute atomic E-state index is 13.5. The van der Waals surface area contributed by atoms with Crippen LogP contribution in [0.25, 0.3) is 22.0 Å². The van der Waals surface area contributed by atoms with E-state index in [4.69, 9.17) is 25.9 Å². The van der Waals surface area contributed by atoms with E-state index in [1.165, 1.54) is 11.8 Å². The summed E-state index contributed by atoms with van der Waals surface area (Å²) in [5.41, 5.74) is 7.52. The molecule has 1 amide bonds. The standard InChI is InChI=1S/C31H30ClNO4S.C2H5NO/c1-21(19-26(20-34)38-3)22-12-15-25(16-13-22)36-17-18-37-31-29(23-7-6-8-24(32)14-11-23)33(2)28-10-5-4-9-27(28)30(31)35;1-3-2-4/h4-6,8-16,34H,7,17-18,20H2,1-3H3;2H,1H3,(H,3,4). The molecule has 1 aromatic heterocycles. The molecule has 1 aliphatic rings. The van der Waals surface area contributed by atoms with E-state index >= 15 is 0 Å². The molecule has 7 nitrogen and oxygen atoms in total. The van der Waals surface area contributed by atoms with Crippen LogP contribution in [0.1, 0.15) is 24.6 Å². The first kappa shape index (κ1) is 32.6. The number of allylic oxidation sites excluding steroid dienone is 6. The number of hydrogen-bond acceptors (Lipinski definition) is 6. The summed E-state index contributed by atoms with van der Waals surface area (Å²) in [5, 5.41) is 12.9. The van der Waals surface area contributed by atoms with Gasteiger partial charge in [-0.15, -0.1) is 17.5 Å². The van der Waals surface area contributed by atoms with Crippen molar-refractivity contribution in [3.63, 3.8) is 0 Å². The zero-order chi connectivity index (χ0) is 30.5. The molecular formula is C33H35ClN2O5S. The third kappa shape index (κ3) is 8.54. The Bertz CT molecular complexity index is 1610. The Morgan fingerprint density at radius 1 is 1.14 bits per heavy atom. The molecule has 0 unspecified atom stereocenters. The van der Waals surface area contributed by atoms with Crippen molar-refractivity contribution in [3.05, 3.63) is 110 Å². The highest BCUT2D eigenvalue weighted by molar-refractivity contribution is 8.02. The van der Waals surface area contributed by atoms with Crippen LogP contribution in [0, 0.1) is 0 Å². The lowest BCUT2D eigenvalue weighted by Crippen LogP contribution is -2.20. The molecule has 0 bridgehead atoms. The minimum absolute atomic E-state index is 0.0276. The highest BCUT2D eigenvalue weighted by Gasteiger charge is 2.19. The summed E-state index contributed by atoms with van der Waals surface area (Å²) in [6.07, 6.45) is 10.8. The van der Waals surface area contributed by atoms with Crippen molar-refractivity contribution in [1.29, 1.82) is 0 Å². The lowest BCUT2D eigenvalue weighted by molar-refractivity contribution is -0.109. The number of aliphatic hydroxyl groups is 1. The van der Waals surface area contributed by atoms with Gasteiger partial charge in [0.1, 0.15) is 19.0 Å². The predicted octanol–water partition coefficient (Wildman–Crippen LogP) is 6.07. The van der Waals surface area contributed by atoms with E-state index in [0.717, 1.165) is 32.8 Å². The van der Waals surface area contributed by atoms with Crippen molar-refractivity contribution in [2.45, 2.75) is 13.3 Å². The zero-order valence-corrected chi connectivity index (χ0v) is 25.7. The summed E-state index contributed by atoms with van der Waals surface area (Å²) in [7, 11) is 3.50. The lowest BCUT2D eigenvalue weighted by atomic mass is 10.0. The fourth-order valence-corrected chi connectivity index (χ4v) is 4.81. The molecule has 1 aliphatic carbocycles. The number of aryl methyl sites for hydroxylation is 1. The average molecular weight is 607 g/mol. The van der Waals surface area contributed by atoms with Crippen molar-refractivity contribution >= 4 is 51.8 Å². The Balaban J connectivity index is 0.00000114. The van der Waals surface area contributed by atoms with E-state index in [0.29, 0.717) is 34.7 Å². The van der Waals surface area contributed by atoms with E-state index in [1.54, 1.807) is 7.05 Å². The SMILES string of the molecule is CNC=O.CSC(=C=C(C)c1ccc(OCCOc2c(C3=CC=C(Cl)C=CC3)n(C)c3ccccc3c2=O)cc1)CO. The van der Waals surface area contributed by atoms with Gasteiger partial charge in [-0.25, -0.2) is 0 Å². The molecule has 0 aliphatic heterocycles. The number of rotatable bonds is 10. The van der Waals surface area contributed by atoms with Crippen LogP contribution in [0.3, 0.4) is 0 Å². The van der Waals surface area contributed by atoms with Gasteiger partial charge < -0.3 is 24.5 Å². The normalized spacial score (nSPS) is 12.1. The number of aromatic nitrogens is 1. The molecule has 42 heavy (non-hydrogen) atoms. The van der Waals surface area contributed by atoms with Gasteiger partial charge in [0.15, 0.2) is 5.75 Å². The predicted molar refractivity (Wildman–Crippen MR) is 174 cm³/mol. The highest BCUT2D eigenvalue weighted by atomic mass is 35.5. The molecule has 0 saturated carbocycles. The first-order valence-electron chi connectivity index (χ1n) is 13.3. The maximum Gasteiger partial charge on any atom is 0.231 e. The Morgan fingerprint density at radius 3 is 2.50 bits per heavy atom. The Morgan fingerprint density at radius 2 is 1.83 bits per heavy atom. The topological polar surface area (TPSA) is 89.8 Å². The third-order valence-corrected chi connectivity index (χ3v) is 7.33. The molecule has 220 valence electrons. The van der Waals surface area contributed by atoms with Gasteiger partial charge in [0, 0.05) is 24.5 Å². The second-order valence-corrected chi connectivity index (χ2v) is 10.4. The van der Waals surface area contributed by atoms with Crippen LogP contribution in [0.2, 0.25) is 0 Å². The fourth-order valence-electron chi connectivity index (χ4n) is 4.27. The van der Waals surface area contributed by atoms with Crippen molar-refractivity contribution in [2.75, 3.05) is 33.1 Å². The highest BCUT2D eigenvalue weighted by Crippen LogP contribution is 2.31. The van der Waals surface area contributed by atoms with Crippen LogP contribution in [0.5, 0.6) is 11.5 Å². The van der Waals surface area contributed by atoms with Crippen LogP contribution in [-0.4, -0.2) is 49.2 Å². The van der Waals surface area contributed by atoms with Gasteiger partial charge >= 0.3 is 0 Å². The lowest BCUT2D eigenvalue weighted by Gasteiger charge is -2.19. The number of nitrogens with one attached hydrogen (secondary N) is 1. The van der Waals surface area contributed by atoms with Crippen molar-refractivity contribution in [2.24, 2.45) is 7.05 Å². The molecule has 0 fully saturated rings. The first-order valence-corrected chi connectivity index (χ1v) is 14.9. The van der Waals surface area contributed by atoms with E-state index < -0.39 is 0 Å². The second kappa shape index (κ2) is 16.5. The number of nitrogens with zero attached hydrogens (tertiary/aromatic N) is 1. The van der Waals surface area contributed by atoms with Gasteiger partial charge in [-0.3, -0.25) is 9.59 Å². The number of halogens is 1. The average Bonchev–Trinajstić information content (AvgIpc) is 3.24. The van der Waals surface area contributed by atoms with E-state index in [2.05, 4.69) is 11.0 Å². The van der Waals surface area contributed by atoms with Gasteiger partial charge in [-0.05, 0) is 72.7 Å². The Kier molecular flexibility index (Phi) is 12.8. The third-order valence-electron chi connectivity index (χ3n) is 6.35. The molecule has 1 heterocycles. The van der Waals surface area contributed by atoms with Crippen LogP contribution < -0.4 is 20.2 Å². The fraction of sp³-hybridized carbons (Fsp3) is 0.242. The van der Waals surface area contributed by atoms with Gasteiger partial charge in [-0.2, -0.15) is 0 Å². The maximum atomic E-state index is 13.5. The molecule has 2 N–H and O–H groups in total. The number of ether oxygens (including phenoxy) is 2. The number of carbonyl (C=O) groups is 1. The molecule has 0 atom stereocenters. The zero-order valence-electron chi connectivity index (χ0n) is 24.1. The number of benzene rings is 2. The molecule has 0 saturated heterocycles. The van der Waals surface area contributed by atoms with Crippen LogP contribution in [0.15, 0.2) is 93.3 Å². The Labute approximate surface area is 255 Å². The summed E-state index contributed by atoms with van der Waals surface area (Å²) in [5.74, 6) is 1.00. The number of amides is 1. The number of carbonyl (C=O) groups excluding carboxylic acids is 1. The van der Waals surface area contributed by atoms with Crippen molar-refractivity contribution in [3.8, 4) is 11.5 Å². The summed E-state index contributed by atoms with van der Waals surface area (Å²) in [6, 6.07) is 15.2. The minimum Gasteiger partial charge on any atom is -0.490 e. The minimum atomic E-state index is -0.148. The monoisotopic (exact) mass is 606 g/mol. The molecule has 9 heteroatoms. The number of hydrogen-bond donors (Lipinski definition) is 2. The van der Waals surface area contributed by atoms with Crippen molar-refractivity contribution < 1.29 is 19.4 Å². The van der Waals surface area contributed by atoms with Gasteiger partial charge in [-0.1, -0.05) is 48.0 Å². The van der Waals surface area contributed by atoms with Gasteiger partial charge in [0.2, 0.25) is 11.8 Å². The number of thioether (sulfide) groups is 1. The van der Waals surface area contributed by atoms with Gasteiger partial charge in [0.05, 0.1) is 22.7 Å². The molecular weight excluding hydrogens is 572 g/mol. The molecule has 3 aromatic rings. The quantitative estimate of drug-likeness (QED) is 0.166. The van der Waals surface area contributed by atoms with E-state index in [1.807, 2.05) is 97.6 Å². The van der Waals surface area contributed by atoms with Crippen molar-refractivity contribution in [1.82, 2.24) is 9.88 Å². The van der Waals surface area contributed by atoms with Crippen LogP contribution >= 0.6 is 23.4 Å². The molecule has 2 aromatic carbocycles. The van der Waals surface area contributed by atoms with E-state index in [-0.39, 0.29) is 25.2 Å². The molecule has 0 spiro atoms. The molecule has 0 radical (unpaired) electrons. The second-order valence-electron chi connectivity index (χ2n) is 9.10. The smallest absolute Gasteiger partial charge is 0.231 e. The number of pyridine rings is 1. The summed E-state index contributed by atoms with van der Waals surface area (Å²) in [4.78, 5) is 23.3. The Hall–Kier alpha value is -3.94. The number of aliphatic hydroxyl groups excluding tert-OH is 1. The summed E-state index contributed by atoms with van der Waals surface area (Å²) < 4.78 is 14.0. The van der Waals surface area contributed by atoms with Crippen LogP contribution in [-0.2, 0) is 11.8 Å². The summed E-state index contributed by atoms with van der Waals surface area (Å²) >= 11 is 7.68. The summed E-state index contributed by atoms with van der Waals surface area (Å²) in [6.45, 7) is 2.41. The van der Waals surface area contributed by atoms with E-state index in [9.17, 15) is 9.90 Å². The number of fused-ring (bicyclic) bond motifs is 1.